The van der Waals surface area contributed by atoms with Gasteiger partial charge in [0, 0.05) is 16.6 Å². The van der Waals surface area contributed by atoms with Gasteiger partial charge in [0.15, 0.2) is 5.78 Å². The molecular formula is C15H20ClNO2. The first-order valence-corrected chi connectivity index (χ1v) is 7.08. The van der Waals surface area contributed by atoms with Gasteiger partial charge in [-0.25, -0.2) is 0 Å². The third-order valence-corrected chi connectivity index (χ3v) is 4.33. The second-order valence-corrected chi connectivity index (χ2v) is 5.74. The van der Waals surface area contributed by atoms with Crippen molar-refractivity contribution in [1.82, 2.24) is 4.90 Å². The molecule has 1 aliphatic rings. The second-order valence-electron chi connectivity index (χ2n) is 5.30. The number of likely N-dealkylation sites (tertiary alicyclic amines) is 1. The van der Waals surface area contributed by atoms with Crippen molar-refractivity contribution >= 4 is 17.4 Å². The number of carbonyl (C=O) groups excluding carboxylic acids is 1. The summed E-state index contributed by atoms with van der Waals surface area (Å²) in [5.41, 5.74) is 0.635. The molecular weight excluding hydrogens is 262 g/mol. The molecule has 1 aromatic carbocycles. The molecule has 1 N–H and O–H groups in total. The zero-order chi connectivity index (χ0) is 14.0. The van der Waals surface area contributed by atoms with E-state index >= 15 is 0 Å². The maximum atomic E-state index is 12.5. The van der Waals surface area contributed by atoms with Gasteiger partial charge in [-0.3, -0.25) is 9.69 Å². The van der Waals surface area contributed by atoms with Crippen molar-refractivity contribution in [3.05, 3.63) is 34.9 Å². The monoisotopic (exact) mass is 281 g/mol. The van der Waals surface area contributed by atoms with E-state index in [4.69, 9.17) is 11.6 Å². The van der Waals surface area contributed by atoms with Crippen molar-refractivity contribution < 1.29 is 9.90 Å². The molecule has 3 nitrogen and oxygen atoms in total. The molecule has 0 amide bonds. The zero-order valence-electron chi connectivity index (χ0n) is 11.3. The van der Waals surface area contributed by atoms with Gasteiger partial charge >= 0.3 is 0 Å². The Balaban J connectivity index is 2.15. The van der Waals surface area contributed by atoms with E-state index in [1.807, 2.05) is 6.92 Å². The van der Waals surface area contributed by atoms with Crippen molar-refractivity contribution in [2.45, 2.75) is 32.4 Å². The van der Waals surface area contributed by atoms with Crippen LogP contribution in [0.5, 0.6) is 0 Å². The summed E-state index contributed by atoms with van der Waals surface area (Å²) < 4.78 is 0. The van der Waals surface area contributed by atoms with Crippen LogP contribution in [0.1, 0.15) is 30.6 Å². The van der Waals surface area contributed by atoms with Crippen LogP contribution in [0.4, 0.5) is 0 Å². The number of carbonyl (C=O) groups is 1. The average molecular weight is 282 g/mol. The van der Waals surface area contributed by atoms with E-state index in [9.17, 15) is 9.90 Å². The van der Waals surface area contributed by atoms with Crippen LogP contribution in [0.2, 0.25) is 5.02 Å². The summed E-state index contributed by atoms with van der Waals surface area (Å²) in [6.45, 7) is 5.00. The fraction of sp³-hybridized carbons (Fsp3) is 0.533. The smallest absolute Gasteiger partial charge is 0.179 e. The summed E-state index contributed by atoms with van der Waals surface area (Å²) in [6.07, 6.45) is 1.03. The van der Waals surface area contributed by atoms with Crippen LogP contribution >= 0.6 is 11.6 Å². The molecule has 1 aromatic rings. The molecule has 0 radical (unpaired) electrons. The van der Waals surface area contributed by atoms with E-state index in [0.717, 1.165) is 13.0 Å². The topological polar surface area (TPSA) is 40.5 Å². The van der Waals surface area contributed by atoms with E-state index in [1.165, 1.54) is 0 Å². The largest absolute Gasteiger partial charge is 0.395 e. The summed E-state index contributed by atoms with van der Waals surface area (Å²) in [5.74, 6) is 0.495. The Morgan fingerprint density at radius 3 is 2.95 bits per heavy atom. The highest BCUT2D eigenvalue weighted by molar-refractivity contribution is 6.31. The van der Waals surface area contributed by atoms with Gasteiger partial charge in [-0.15, -0.1) is 0 Å². The van der Waals surface area contributed by atoms with Gasteiger partial charge in [0.1, 0.15) is 0 Å². The van der Waals surface area contributed by atoms with Crippen LogP contribution in [0, 0.1) is 5.92 Å². The molecule has 3 atom stereocenters. The van der Waals surface area contributed by atoms with E-state index in [0.29, 0.717) is 16.5 Å². The summed E-state index contributed by atoms with van der Waals surface area (Å²) >= 11 is 5.93. The molecule has 1 heterocycles. The molecule has 4 heteroatoms. The first-order valence-electron chi connectivity index (χ1n) is 6.71. The third-order valence-electron chi connectivity index (χ3n) is 4.10. The number of aliphatic hydroxyl groups excluding tert-OH is 1. The number of halogens is 1. The summed E-state index contributed by atoms with van der Waals surface area (Å²) in [7, 11) is 0. The van der Waals surface area contributed by atoms with Crippen LogP contribution in [0.25, 0.3) is 0 Å². The lowest BCUT2D eigenvalue weighted by Crippen LogP contribution is -2.45. The van der Waals surface area contributed by atoms with E-state index in [1.54, 1.807) is 24.3 Å². The number of aliphatic hydroxyl groups is 1. The maximum absolute atomic E-state index is 12.5. The minimum atomic E-state index is -0.222. The molecule has 0 aliphatic carbocycles. The fourth-order valence-electron chi connectivity index (χ4n) is 2.84. The predicted molar refractivity (Wildman–Crippen MR) is 76.6 cm³/mol. The minimum Gasteiger partial charge on any atom is -0.395 e. The van der Waals surface area contributed by atoms with Gasteiger partial charge in [-0.05, 0) is 37.9 Å². The third kappa shape index (κ3) is 2.99. The lowest BCUT2D eigenvalue weighted by atomic mass is 10.0. The fourth-order valence-corrected chi connectivity index (χ4v) is 3.03. The SMILES string of the molecule is CC1CCN(C(C)C(=O)c2cccc(Cl)c2)C1CO. The standard InChI is InChI=1S/C15H20ClNO2/c1-10-6-7-17(14(10)9-18)11(2)15(19)12-4-3-5-13(16)8-12/h3-5,8,10-11,14,18H,6-7,9H2,1-2H3. The number of nitrogens with zero attached hydrogens (tertiary/aromatic N) is 1. The molecule has 0 aromatic heterocycles. The Hall–Kier alpha value is -0.900. The first kappa shape index (κ1) is 14.5. The highest BCUT2D eigenvalue weighted by Crippen LogP contribution is 2.27. The highest BCUT2D eigenvalue weighted by atomic mass is 35.5. The lowest BCUT2D eigenvalue weighted by molar-refractivity contribution is 0.0720. The molecule has 104 valence electrons. The number of ketones is 1. The predicted octanol–water partition coefficient (Wildman–Crippen LogP) is 2.61. The van der Waals surface area contributed by atoms with Gasteiger partial charge in [0.05, 0.1) is 12.6 Å². The molecule has 0 bridgehead atoms. The van der Waals surface area contributed by atoms with Crippen molar-refractivity contribution in [3.8, 4) is 0 Å². The van der Waals surface area contributed by atoms with Crippen molar-refractivity contribution in [1.29, 1.82) is 0 Å². The van der Waals surface area contributed by atoms with Crippen LogP contribution in [0.3, 0.4) is 0 Å². The number of hydrogen-bond acceptors (Lipinski definition) is 3. The van der Waals surface area contributed by atoms with Crippen LogP contribution in [-0.4, -0.2) is 41.0 Å². The molecule has 1 aliphatic heterocycles. The summed E-state index contributed by atoms with van der Waals surface area (Å²) in [5, 5.41) is 10.1. The minimum absolute atomic E-state index is 0.0649. The van der Waals surface area contributed by atoms with Crippen molar-refractivity contribution in [3.63, 3.8) is 0 Å². The Morgan fingerprint density at radius 2 is 2.32 bits per heavy atom. The van der Waals surface area contributed by atoms with Crippen LogP contribution < -0.4 is 0 Å². The van der Waals surface area contributed by atoms with Gasteiger partial charge < -0.3 is 5.11 Å². The lowest BCUT2D eigenvalue weighted by Gasteiger charge is -2.30. The molecule has 19 heavy (non-hydrogen) atoms. The van der Waals surface area contributed by atoms with E-state index in [2.05, 4.69) is 11.8 Å². The quantitative estimate of drug-likeness (QED) is 0.863. The normalized spacial score (nSPS) is 25.5. The molecule has 1 fully saturated rings. The molecule has 3 unspecified atom stereocenters. The van der Waals surface area contributed by atoms with Crippen LogP contribution in [0.15, 0.2) is 24.3 Å². The number of Topliss-reactive ketones (excluding diaryl/α,β-unsaturated/α-hetero) is 1. The number of rotatable bonds is 4. The highest BCUT2D eigenvalue weighted by Gasteiger charge is 2.36. The van der Waals surface area contributed by atoms with Crippen molar-refractivity contribution in [2.75, 3.05) is 13.2 Å². The van der Waals surface area contributed by atoms with Crippen molar-refractivity contribution in [2.24, 2.45) is 5.92 Å². The Labute approximate surface area is 119 Å². The summed E-state index contributed by atoms with van der Waals surface area (Å²) in [6, 6.07) is 6.90. The van der Waals surface area contributed by atoms with Gasteiger partial charge in [-0.1, -0.05) is 30.7 Å². The summed E-state index contributed by atoms with van der Waals surface area (Å²) in [4.78, 5) is 14.6. The average Bonchev–Trinajstić information content (AvgIpc) is 2.78. The molecule has 0 saturated carbocycles. The second kappa shape index (κ2) is 6.04. The maximum Gasteiger partial charge on any atom is 0.179 e. The zero-order valence-corrected chi connectivity index (χ0v) is 12.1. The van der Waals surface area contributed by atoms with E-state index < -0.39 is 0 Å². The van der Waals surface area contributed by atoms with E-state index in [-0.39, 0.29) is 24.5 Å². The number of hydrogen-bond donors (Lipinski definition) is 1. The molecule has 0 spiro atoms. The van der Waals surface area contributed by atoms with Gasteiger partial charge in [-0.2, -0.15) is 0 Å². The van der Waals surface area contributed by atoms with Gasteiger partial charge in [0.25, 0.3) is 0 Å². The Kier molecular flexibility index (Phi) is 4.61. The number of benzene rings is 1. The Morgan fingerprint density at radius 1 is 1.58 bits per heavy atom. The van der Waals surface area contributed by atoms with Crippen LogP contribution in [-0.2, 0) is 0 Å². The molecule has 1 saturated heterocycles. The Bertz CT molecular complexity index is 463. The molecule has 2 rings (SSSR count). The first-order chi connectivity index (χ1) is 9.04. The van der Waals surface area contributed by atoms with Gasteiger partial charge in [0.2, 0.25) is 0 Å².